The van der Waals surface area contributed by atoms with Crippen LogP contribution in [0.4, 0.5) is 0 Å². The van der Waals surface area contributed by atoms with Gasteiger partial charge in [-0.25, -0.2) is 0 Å². The van der Waals surface area contributed by atoms with Crippen molar-refractivity contribution in [3.8, 4) is 0 Å². The minimum Gasteiger partial charge on any atom is -0.378 e. The Morgan fingerprint density at radius 3 is 3.00 bits per heavy atom. The van der Waals surface area contributed by atoms with Gasteiger partial charge in [0, 0.05) is 31.8 Å². The third-order valence-corrected chi connectivity index (χ3v) is 3.99. The maximum absolute atomic E-state index is 6.25. The molecule has 0 radical (unpaired) electrons. The van der Waals surface area contributed by atoms with Crippen LogP contribution in [0.3, 0.4) is 0 Å². The lowest BCUT2D eigenvalue weighted by atomic mass is 9.99. The SMILES string of the molecule is CCc1cc(CC(N)CCC2CCCCO2)n(C)n1. The van der Waals surface area contributed by atoms with E-state index >= 15 is 0 Å². The molecule has 19 heavy (non-hydrogen) atoms. The Bertz CT molecular complexity index is 383. The number of ether oxygens (including phenoxy) is 1. The summed E-state index contributed by atoms with van der Waals surface area (Å²) in [6.07, 6.45) is 8.21. The zero-order valence-electron chi connectivity index (χ0n) is 12.3. The minimum atomic E-state index is 0.214. The van der Waals surface area contributed by atoms with E-state index in [9.17, 15) is 0 Å². The second kappa shape index (κ2) is 7.06. The van der Waals surface area contributed by atoms with Gasteiger partial charge in [-0.05, 0) is 44.6 Å². The van der Waals surface area contributed by atoms with Crippen molar-refractivity contribution < 1.29 is 4.74 Å². The average molecular weight is 265 g/mol. The van der Waals surface area contributed by atoms with Crippen molar-refractivity contribution in [3.05, 3.63) is 17.5 Å². The molecule has 108 valence electrons. The fourth-order valence-corrected chi connectivity index (χ4v) is 2.74. The molecule has 0 saturated carbocycles. The minimum absolute atomic E-state index is 0.214. The number of rotatable bonds is 6. The first-order chi connectivity index (χ1) is 9.19. The molecule has 2 rings (SSSR count). The van der Waals surface area contributed by atoms with Gasteiger partial charge in [0.1, 0.15) is 0 Å². The summed E-state index contributed by atoms with van der Waals surface area (Å²) >= 11 is 0. The van der Waals surface area contributed by atoms with Gasteiger partial charge in [-0.2, -0.15) is 5.10 Å². The van der Waals surface area contributed by atoms with Crippen molar-refractivity contribution in [3.63, 3.8) is 0 Å². The van der Waals surface area contributed by atoms with Crippen molar-refractivity contribution in [1.82, 2.24) is 9.78 Å². The Morgan fingerprint density at radius 2 is 2.37 bits per heavy atom. The second-order valence-corrected chi connectivity index (χ2v) is 5.63. The van der Waals surface area contributed by atoms with Gasteiger partial charge in [0.25, 0.3) is 0 Å². The molecule has 2 heterocycles. The lowest BCUT2D eigenvalue weighted by Crippen LogP contribution is -2.27. The van der Waals surface area contributed by atoms with Crippen molar-refractivity contribution in [2.75, 3.05) is 6.61 Å². The molecule has 0 bridgehead atoms. The topological polar surface area (TPSA) is 53.1 Å². The van der Waals surface area contributed by atoms with Gasteiger partial charge >= 0.3 is 0 Å². The number of aromatic nitrogens is 2. The first-order valence-corrected chi connectivity index (χ1v) is 7.58. The summed E-state index contributed by atoms with van der Waals surface area (Å²) in [5.41, 5.74) is 8.64. The molecule has 0 aromatic carbocycles. The van der Waals surface area contributed by atoms with Crippen LogP contribution in [0.15, 0.2) is 6.07 Å². The summed E-state index contributed by atoms with van der Waals surface area (Å²) in [5.74, 6) is 0. The van der Waals surface area contributed by atoms with Crippen LogP contribution in [-0.4, -0.2) is 28.5 Å². The summed E-state index contributed by atoms with van der Waals surface area (Å²) in [5, 5.41) is 4.47. The van der Waals surface area contributed by atoms with E-state index in [0.717, 1.165) is 38.0 Å². The molecular weight excluding hydrogens is 238 g/mol. The van der Waals surface area contributed by atoms with E-state index in [4.69, 9.17) is 10.5 Å². The Kier molecular flexibility index (Phi) is 5.40. The number of hydrogen-bond acceptors (Lipinski definition) is 3. The second-order valence-electron chi connectivity index (χ2n) is 5.63. The van der Waals surface area contributed by atoms with Gasteiger partial charge < -0.3 is 10.5 Å². The number of aryl methyl sites for hydroxylation is 2. The molecule has 0 spiro atoms. The summed E-state index contributed by atoms with van der Waals surface area (Å²) in [4.78, 5) is 0. The highest BCUT2D eigenvalue weighted by Crippen LogP contribution is 2.18. The Balaban J connectivity index is 1.76. The van der Waals surface area contributed by atoms with Crippen LogP contribution in [0.5, 0.6) is 0 Å². The van der Waals surface area contributed by atoms with E-state index in [1.807, 2.05) is 11.7 Å². The van der Waals surface area contributed by atoms with Gasteiger partial charge in [-0.15, -0.1) is 0 Å². The molecule has 4 heteroatoms. The predicted molar refractivity (Wildman–Crippen MR) is 77.1 cm³/mol. The molecule has 1 saturated heterocycles. The molecule has 1 aliphatic heterocycles. The monoisotopic (exact) mass is 265 g/mol. The van der Waals surface area contributed by atoms with Crippen LogP contribution in [-0.2, 0) is 24.6 Å². The molecule has 1 fully saturated rings. The molecule has 1 aliphatic rings. The fraction of sp³-hybridized carbons (Fsp3) is 0.800. The van der Waals surface area contributed by atoms with Gasteiger partial charge in [0.05, 0.1) is 11.8 Å². The lowest BCUT2D eigenvalue weighted by molar-refractivity contribution is 0.00913. The first kappa shape index (κ1) is 14.5. The molecule has 2 N–H and O–H groups in total. The molecule has 0 amide bonds. The summed E-state index contributed by atoms with van der Waals surface area (Å²) < 4.78 is 7.72. The highest BCUT2D eigenvalue weighted by Gasteiger charge is 2.16. The number of nitrogens with zero attached hydrogens (tertiary/aromatic N) is 2. The maximum Gasteiger partial charge on any atom is 0.0624 e. The number of hydrogen-bond donors (Lipinski definition) is 1. The van der Waals surface area contributed by atoms with E-state index in [0.29, 0.717) is 6.10 Å². The standard InChI is InChI=1S/C15H27N3O/c1-3-13-11-14(18(2)17-13)10-12(16)7-8-15-6-4-5-9-19-15/h11-12,15H,3-10,16H2,1-2H3. The molecule has 1 aromatic heterocycles. The largest absolute Gasteiger partial charge is 0.378 e. The van der Waals surface area contributed by atoms with Gasteiger partial charge in [-0.1, -0.05) is 6.92 Å². The molecule has 1 aromatic rings. The number of nitrogens with two attached hydrogens (primary N) is 1. The summed E-state index contributed by atoms with van der Waals surface area (Å²) in [6.45, 7) is 3.06. The molecule has 0 aliphatic carbocycles. The van der Waals surface area contributed by atoms with E-state index < -0.39 is 0 Å². The van der Waals surface area contributed by atoms with Gasteiger partial charge in [0.2, 0.25) is 0 Å². The van der Waals surface area contributed by atoms with Crippen LogP contribution in [0.2, 0.25) is 0 Å². The molecule has 4 nitrogen and oxygen atoms in total. The molecule has 2 unspecified atom stereocenters. The first-order valence-electron chi connectivity index (χ1n) is 7.58. The quantitative estimate of drug-likeness (QED) is 0.858. The van der Waals surface area contributed by atoms with Gasteiger partial charge in [-0.3, -0.25) is 4.68 Å². The van der Waals surface area contributed by atoms with Gasteiger partial charge in [0.15, 0.2) is 0 Å². The van der Waals surface area contributed by atoms with E-state index in [1.165, 1.54) is 25.0 Å². The zero-order chi connectivity index (χ0) is 13.7. The van der Waals surface area contributed by atoms with Crippen LogP contribution in [0, 0.1) is 0 Å². The predicted octanol–water partition coefficient (Wildman–Crippen LogP) is 2.20. The Morgan fingerprint density at radius 1 is 1.53 bits per heavy atom. The third-order valence-electron chi connectivity index (χ3n) is 3.99. The summed E-state index contributed by atoms with van der Waals surface area (Å²) in [6, 6.07) is 2.39. The van der Waals surface area contributed by atoms with Crippen molar-refractivity contribution in [2.45, 2.75) is 64.0 Å². The van der Waals surface area contributed by atoms with Crippen LogP contribution >= 0.6 is 0 Å². The average Bonchev–Trinajstić information content (AvgIpc) is 2.78. The highest BCUT2D eigenvalue weighted by molar-refractivity contribution is 5.11. The Labute approximate surface area is 116 Å². The van der Waals surface area contributed by atoms with Crippen molar-refractivity contribution >= 4 is 0 Å². The molecule has 2 atom stereocenters. The van der Waals surface area contributed by atoms with Crippen molar-refractivity contribution in [2.24, 2.45) is 12.8 Å². The molecular formula is C15H27N3O. The fourth-order valence-electron chi connectivity index (χ4n) is 2.74. The van der Waals surface area contributed by atoms with Crippen LogP contribution in [0.25, 0.3) is 0 Å². The van der Waals surface area contributed by atoms with E-state index in [1.54, 1.807) is 0 Å². The Hall–Kier alpha value is -0.870. The highest BCUT2D eigenvalue weighted by atomic mass is 16.5. The smallest absolute Gasteiger partial charge is 0.0624 e. The third kappa shape index (κ3) is 4.32. The maximum atomic E-state index is 6.25. The lowest BCUT2D eigenvalue weighted by Gasteiger charge is -2.23. The van der Waals surface area contributed by atoms with Crippen molar-refractivity contribution in [1.29, 1.82) is 0 Å². The van der Waals surface area contributed by atoms with Crippen LogP contribution in [0.1, 0.15) is 50.4 Å². The van der Waals surface area contributed by atoms with E-state index in [2.05, 4.69) is 18.1 Å². The summed E-state index contributed by atoms with van der Waals surface area (Å²) in [7, 11) is 2.01. The van der Waals surface area contributed by atoms with Crippen LogP contribution < -0.4 is 5.73 Å². The zero-order valence-corrected chi connectivity index (χ0v) is 12.3. The van der Waals surface area contributed by atoms with E-state index in [-0.39, 0.29) is 6.04 Å². The normalized spacial score (nSPS) is 21.5.